The van der Waals surface area contributed by atoms with Crippen LogP contribution in [-0.2, 0) is 14.3 Å². The summed E-state index contributed by atoms with van der Waals surface area (Å²) in [5.74, 6) is 0.213. The van der Waals surface area contributed by atoms with Crippen LogP contribution in [0.2, 0.25) is 0 Å². The van der Waals surface area contributed by atoms with Crippen molar-refractivity contribution in [1.29, 1.82) is 0 Å². The van der Waals surface area contributed by atoms with E-state index in [1.54, 1.807) is 0 Å². The van der Waals surface area contributed by atoms with Crippen LogP contribution in [0.4, 0.5) is 0 Å². The van der Waals surface area contributed by atoms with Crippen molar-refractivity contribution < 1.29 is 14.3 Å². The number of ether oxygens (including phenoxy) is 2. The molecule has 0 N–H and O–H groups in total. The van der Waals surface area contributed by atoms with E-state index in [2.05, 4.69) is 5.16 Å². The van der Waals surface area contributed by atoms with Crippen LogP contribution in [0, 0.1) is 5.92 Å². The van der Waals surface area contributed by atoms with Crippen molar-refractivity contribution in [1.82, 2.24) is 0 Å². The van der Waals surface area contributed by atoms with Crippen LogP contribution >= 0.6 is 0 Å². The maximum atomic E-state index is 6.26. The first-order valence-electron chi connectivity index (χ1n) is 7.41. The molecular weight excluding hydrogens is 230 g/mol. The summed E-state index contributed by atoms with van der Waals surface area (Å²) >= 11 is 0. The van der Waals surface area contributed by atoms with Crippen LogP contribution in [-0.4, -0.2) is 30.3 Å². The van der Waals surface area contributed by atoms with E-state index in [1.165, 1.54) is 37.8 Å². The lowest BCUT2D eigenvalue weighted by molar-refractivity contribution is -0.199. The third kappa shape index (κ3) is 1.69. The molecule has 0 aromatic rings. The summed E-state index contributed by atoms with van der Waals surface area (Å²) in [6, 6.07) is 0. The van der Waals surface area contributed by atoms with E-state index in [-0.39, 0.29) is 18.0 Å². The molecule has 18 heavy (non-hydrogen) atoms. The molecule has 0 aromatic heterocycles. The predicted octanol–water partition coefficient (Wildman–Crippen LogP) is 2.62. The highest BCUT2D eigenvalue weighted by atomic mass is 16.8. The average Bonchev–Trinajstić information content (AvgIpc) is 3.05. The van der Waals surface area contributed by atoms with Crippen LogP contribution in [0.25, 0.3) is 0 Å². The van der Waals surface area contributed by atoms with Crippen LogP contribution in [0.3, 0.4) is 0 Å². The first kappa shape index (κ1) is 11.2. The zero-order valence-electron chi connectivity index (χ0n) is 10.8. The Hall–Kier alpha value is -0.610. The number of fused-ring (bicyclic) bond motifs is 1. The van der Waals surface area contributed by atoms with Crippen LogP contribution in [0.1, 0.15) is 51.4 Å². The lowest BCUT2D eigenvalue weighted by atomic mass is 9.94. The van der Waals surface area contributed by atoms with Gasteiger partial charge in [0.1, 0.15) is 6.10 Å². The van der Waals surface area contributed by atoms with Gasteiger partial charge >= 0.3 is 0 Å². The van der Waals surface area contributed by atoms with E-state index in [4.69, 9.17) is 14.3 Å². The molecule has 4 rings (SSSR count). The summed E-state index contributed by atoms with van der Waals surface area (Å²) in [7, 11) is 0. The molecule has 2 heterocycles. The van der Waals surface area contributed by atoms with Crippen LogP contribution < -0.4 is 0 Å². The maximum absolute atomic E-state index is 6.26. The molecule has 1 saturated heterocycles. The molecule has 4 nitrogen and oxygen atoms in total. The number of rotatable bonds is 1. The quantitative estimate of drug-likeness (QED) is 0.719. The molecule has 0 amide bonds. The second-order valence-corrected chi connectivity index (χ2v) is 6.09. The SMILES string of the molecule is C1CCC2(CC1)OC[C@H]([C@H]1ON=C3CCC[C@@H]31)O2. The highest BCUT2D eigenvalue weighted by Crippen LogP contribution is 2.42. The Balaban J connectivity index is 1.45. The Morgan fingerprint density at radius 1 is 1.11 bits per heavy atom. The molecule has 4 aliphatic rings. The minimum atomic E-state index is -0.284. The zero-order valence-corrected chi connectivity index (χ0v) is 10.8. The first-order valence-corrected chi connectivity index (χ1v) is 7.41. The second-order valence-electron chi connectivity index (χ2n) is 6.09. The van der Waals surface area contributed by atoms with Gasteiger partial charge in [-0.3, -0.25) is 0 Å². The molecule has 2 aliphatic heterocycles. The van der Waals surface area contributed by atoms with Gasteiger partial charge in [0, 0.05) is 18.8 Å². The summed E-state index contributed by atoms with van der Waals surface area (Å²) in [5, 5.41) is 4.24. The van der Waals surface area contributed by atoms with Gasteiger partial charge in [-0.2, -0.15) is 0 Å². The summed E-state index contributed by atoms with van der Waals surface area (Å²) < 4.78 is 12.3. The maximum Gasteiger partial charge on any atom is 0.169 e. The third-order valence-corrected chi connectivity index (χ3v) is 4.92. The van der Waals surface area contributed by atoms with E-state index in [9.17, 15) is 0 Å². The number of hydrogen-bond acceptors (Lipinski definition) is 4. The molecule has 4 heteroatoms. The summed E-state index contributed by atoms with van der Waals surface area (Å²) in [5.41, 5.74) is 1.26. The molecule has 0 bridgehead atoms. The summed E-state index contributed by atoms with van der Waals surface area (Å²) in [6.07, 6.45) is 9.64. The molecule has 0 radical (unpaired) electrons. The Morgan fingerprint density at radius 3 is 2.89 bits per heavy atom. The minimum Gasteiger partial charge on any atom is -0.389 e. The van der Waals surface area contributed by atoms with Crippen molar-refractivity contribution >= 4 is 5.71 Å². The van der Waals surface area contributed by atoms with Gasteiger partial charge in [-0.25, -0.2) is 0 Å². The molecule has 100 valence electrons. The fourth-order valence-electron chi connectivity index (χ4n) is 3.94. The van der Waals surface area contributed by atoms with E-state index in [0.29, 0.717) is 12.5 Å². The van der Waals surface area contributed by atoms with Crippen molar-refractivity contribution in [3.05, 3.63) is 0 Å². The molecule has 2 aliphatic carbocycles. The van der Waals surface area contributed by atoms with Gasteiger partial charge in [0.25, 0.3) is 0 Å². The van der Waals surface area contributed by atoms with Gasteiger partial charge < -0.3 is 14.3 Å². The lowest BCUT2D eigenvalue weighted by Gasteiger charge is -2.32. The molecule has 3 fully saturated rings. The monoisotopic (exact) mass is 251 g/mol. The van der Waals surface area contributed by atoms with Crippen molar-refractivity contribution in [3.8, 4) is 0 Å². The number of oxime groups is 1. The molecule has 0 unspecified atom stereocenters. The van der Waals surface area contributed by atoms with Crippen molar-refractivity contribution in [2.75, 3.05) is 6.61 Å². The zero-order chi connectivity index (χ0) is 12.0. The predicted molar refractivity (Wildman–Crippen MR) is 66.3 cm³/mol. The average molecular weight is 251 g/mol. The molecular formula is C14H21NO3. The van der Waals surface area contributed by atoms with E-state index < -0.39 is 0 Å². The van der Waals surface area contributed by atoms with Crippen LogP contribution in [0.5, 0.6) is 0 Å². The number of hydrogen-bond donors (Lipinski definition) is 0. The first-order chi connectivity index (χ1) is 8.86. The molecule has 3 atom stereocenters. The molecule has 1 spiro atoms. The fourth-order valence-corrected chi connectivity index (χ4v) is 3.94. The van der Waals surface area contributed by atoms with Gasteiger partial charge in [-0.05, 0) is 32.1 Å². The summed E-state index contributed by atoms with van der Waals surface area (Å²) in [6.45, 7) is 0.684. The Kier molecular flexibility index (Phi) is 2.62. The van der Waals surface area contributed by atoms with Gasteiger partial charge in [0.15, 0.2) is 11.9 Å². The second kappa shape index (κ2) is 4.20. The van der Waals surface area contributed by atoms with Gasteiger partial charge in [0.05, 0.1) is 12.3 Å². The van der Waals surface area contributed by atoms with E-state index in [0.717, 1.165) is 19.3 Å². The largest absolute Gasteiger partial charge is 0.389 e. The topological polar surface area (TPSA) is 40.0 Å². The smallest absolute Gasteiger partial charge is 0.169 e. The van der Waals surface area contributed by atoms with E-state index >= 15 is 0 Å². The highest BCUT2D eigenvalue weighted by molar-refractivity contribution is 5.89. The third-order valence-electron chi connectivity index (χ3n) is 4.92. The Labute approximate surface area is 108 Å². The minimum absolute atomic E-state index is 0.0902. The number of nitrogens with zero attached hydrogens (tertiary/aromatic N) is 1. The van der Waals surface area contributed by atoms with Gasteiger partial charge in [-0.15, -0.1) is 0 Å². The van der Waals surface area contributed by atoms with Crippen molar-refractivity contribution in [3.63, 3.8) is 0 Å². The van der Waals surface area contributed by atoms with Crippen LogP contribution in [0.15, 0.2) is 5.16 Å². The normalized spacial score (nSPS) is 41.8. The summed E-state index contributed by atoms with van der Waals surface area (Å²) in [4.78, 5) is 5.62. The van der Waals surface area contributed by atoms with E-state index in [1.807, 2.05) is 0 Å². The van der Waals surface area contributed by atoms with Gasteiger partial charge in [-0.1, -0.05) is 11.6 Å². The van der Waals surface area contributed by atoms with Crippen molar-refractivity contribution in [2.24, 2.45) is 11.1 Å². The fraction of sp³-hybridized carbons (Fsp3) is 0.929. The van der Waals surface area contributed by atoms with Crippen molar-refractivity contribution in [2.45, 2.75) is 69.4 Å². The molecule has 2 saturated carbocycles. The Morgan fingerprint density at radius 2 is 2.00 bits per heavy atom. The van der Waals surface area contributed by atoms with Gasteiger partial charge in [0.2, 0.25) is 0 Å². The molecule has 0 aromatic carbocycles. The lowest BCUT2D eigenvalue weighted by Crippen LogP contribution is -2.38. The standard InChI is InChI=1S/C14H21NO3/c1-2-7-14(8-3-1)16-9-12(17-14)13-10-5-4-6-11(10)15-18-13/h10,12-13H,1-9H2/t10-,12+,13-/m0/s1. The Bertz CT molecular complexity index is 362. The highest BCUT2D eigenvalue weighted by Gasteiger charge is 2.50.